The third-order valence-electron chi connectivity index (χ3n) is 3.89. The van der Waals surface area contributed by atoms with Crippen LogP contribution in [0.2, 0.25) is 0 Å². The summed E-state index contributed by atoms with van der Waals surface area (Å²) >= 11 is 0. The Hall–Kier alpha value is -3.07. The predicted molar refractivity (Wildman–Crippen MR) is 83.8 cm³/mol. The van der Waals surface area contributed by atoms with E-state index in [1.54, 1.807) is 24.4 Å². The molecule has 0 fully saturated rings. The molecule has 0 spiro atoms. The molecule has 0 amide bonds. The molecule has 4 rings (SSSR count). The van der Waals surface area contributed by atoms with Crippen molar-refractivity contribution >= 4 is 11.6 Å². The van der Waals surface area contributed by atoms with Gasteiger partial charge in [0.2, 0.25) is 11.6 Å². The van der Waals surface area contributed by atoms with Gasteiger partial charge in [-0.25, -0.2) is 0 Å². The first-order chi connectivity index (χ1) is 10.8. The van der Waals surface area contributed by atoms with Crippen molar-refractivity contribution in [1.82, 2.24) is 4.98 Å². The van der Waals surface area contributed by atoms with Crippen molar-refractivity contribution in [3.8, 4) is 22.4 Å². The Labute approximate surface area is 127 Å². The maximum absolute atomic E-state index is 12.4. The summed E-state index contributed by atoms with van der Waals surface area (Å²) in [6.07, 6.45) is 1.64. The Morgan fingerprint density at radius 3 is 2.23 bits per heavy atom. The number of pyridine rings is 1. The number of Topliss-reactive ketones (excluding diaryl/α,β-unsaturated/α-hetero) is 2. The lowest BCUT2D eigenvalue weighted by molar-refractivity contribution is 0.0815. The number of ketones is 2. The fourth-order valence-electron chi connectivity index (χ4n) is 2.80. The van der Waals surface area contributed by atoms with E-state index in [1.807, 2.05) is 42.5 Å². The van der Waals surface area contributed by atoms with E-state index in [0.29, 0.717) is 16.8 Å². The molecule has 22 heavy (non-hydrogen) atoms. The SMILES string of the molecule is O=C1C(=O)c2cccnc2-c2ccc(-c3ccccc3)cc21. The molecule has 3 aromatic rings. The van der Waals surface area contributed by atoms with Crippen LogP contribution in [0.25, 0.3) is 22.4 Å². The van der Waals surface area contributed by atoms with Crippen molar-refractivity contribution in [3.05, 3.63) is 78.0 Å². The van der Waals surface area contributed by atoms with Crippen molar-refractivity contribution in [2.24, 2.45) is 0 Å². The number of hydrogen-bond donors (Lipinski definition) is 0. The summed E-state index contributed by atoms with van der Waals surface area (Å²) in [4.78, 5) is 28.9. The molecular weight excluding hydrogens is 274 g/mol. The predicted octanol–water partition coefficient (Wildman–Crippen LogP) is 3.79. The van der Waals surface area contributed by atoms with E-state index in [-0.39, 0.29) is 0 Å². The number of hydrogen-bond acceptors (Lipinski definition) is 3. The Bertz CT molecular complexity index is 914. The van der Waals surface area contributed by atoms with E-state index < -0.39 is 11.6 Å². The molecule has 1 aliphatic carbocycles. The summed E-state index contributed by atoms with van der Waals surface area (Å²) in [5, 5.41) is 0. The van der Waals surface area contributed by atoms with E-state index in [2.05, 4.69) is 4.98 Å². The molecule has 0 N–H and O–H groups in total. The van der Waals surface area contributed by atoms with Crippen LogP contribution in [0.15, 0.2) is 66.9 Å². The number of aromatic nitrogens is 1. The van der Waals surface area contributed by atoms with Gasteiger partial charge in [0, 0.05) is 17.3 Å². The highest BCUT2D eigenvalue weighted by Crippen LogP contribution is 2.34. The first kappa shape index (κ1) is 12.7. The van der Waals surface area contributed by atoms with Crippen LogP contribution in [-0.2, 0) is 0 Å². The molecule has 0 unspecified atom stereocenters. The van der Waals surface area contributed by atoms with Crippen molar-refractivity contribution in [2.45, 2.75) is 0 Å². The Morgan fingerprint density at radius 1 is 0.636 bits per heavy atom. The summed E-state index contributed by atoms with van der Waals surface area (Å²) < 4.78 is 0. The molecule has 1 aliphatic rings. The largest absolute Gasteiger partial charge is 0.285 e. The third-order valence-corrected chi connectivity index (χ3v) is 3.89. The number of carbonyl (C=O) groups is 2. The number of benzene rings is 2. The zero-order valence-electron chi connectivity index (χ0n) is 11.6. The van der Waals surface area contributed by atoms with Gasteiger partial charge in [-0.2, -0.15) is 0 Å². The van der Waals surface area contributed by atoms with Crippen molar-refractivity contribution in [1.29, 1.82) is 0 Å². The van der Waals surface area contributed by atoms with Crippen LogP contribution in [0.5, 0.6) is 0 Å². The van der Waals surface area contributed by atoms with Gasteiger partial charge in [0.05, 0.1) is 11.3 Å². The van der Waals surface area contributed by atoms with Gasteiger partial charge in [0.1, 0.15) is 0 Å². The normalized spacial score (nSPS) is 12.7. The van der Waals surface area contributed by atoms with Crippen molar-refractivity contribution < 1.29 is 9.59 Å². The van der Waals surface area contributed by atoms with E-state index in [4.69, 9.17) is 0 Å². The standard InChI is InChI=1S/C19H11NO2/c21-18-15-7-4-10-20-17(15)14-9-8-13(11-16(14)19(18)22)12-5-2-1-3-6-12/h1-11H. The average molecular weight is 285 g/mol. The Morgan fingerprint density at radius 2 is 1.41 bits per heavy atom. The quantitative estimate of drug-likeness (QED) is 0.639. The van der Waals surface area contributed by atoms with Crippen molar-refractivity contribution in [3.63, 3.8) is 0 Å². The zero-order chi connectivity index (χ0) is 15.1. The minimum atomic E-state index is -0.485. The van der Waals surface area contributed by atoms with Gasteiger partial charge in [-0.05, 0) is 29.3 Å². The van der Waals surface area contributed by atoms with Crippen LogP contribution in [0.3, 0.4) is 0 Å². The summed E-state index contributed by atoms with van der Waals surface area (Å²) in [6, 6.07) is 18.7. The summed E-state index contributed by atoms with van der Waals surface area (Å²) in [5.41, 5.74) is 4.05. The average Bonchev–Trinajstić information content (AvgIpc) is 2.60. The Kier molecular flexibility index (Phi) is 2.73. The van der Waals surface area contributed by atoms with E-state index in [0.717, 1.165) is 16.7 Å². The van der Waals surface area contributed by atoms with Crippen LogP contribution < -0.4 is 0 Å². The van der Waals surface area contributed by atoms with Crippen molar-refractivity contribution in [2.75, 3.05) is 0 Å². The minimum absolute atomic E-state index is 0.382. The Balaban J connectivity index is 1.95. The molecule has 0 saturated carbocycles. The van der Waals surface area contributed by atoms with E-state index in [1.165, 1.54) is 0 Å². The van der Waals surface area contributed by atoms with Crippen LogP contribution >= 0.6 is 0 Å². The first-order valence-electron chi connectivity index (χ1n) is 6.99. The van der Waals surface area contributed by atoms with Gasteiger partial charge in [-0.1, -0.05) is 42.5 Å². The highest BCUT2D eigenvalue weighted by atomic mass is 16.2. The molecule has 1 aromatic heterocycles. The van der Waals surface area contributed by atoms with Gasteiger partial charge in [-0.15, -0.1) is 0 Å². The summed E-state index contributed by atoms with van der Waals surface area (Å²) in [7, 11) is 0. The lowest BCUT2D eigenvalue weighted by atomic mass is 9.85. The second-order valence-electron chi connectivity index (χ2n) is 5.18. The molecule has 1 heterocycles. The third kappa shape index (κ3) is 1.79. The lowest BCUT2D eigenvalue weighted by Crippen LogP contribution is -2.21. The monoisotopic (exact) mass is 285 g/mol. The lowest BCUT2D eigenvalue weighted by Gasteiger charge is -2.17. The molecule has 2 aromatic carbocycles. The fraction of sp³-hybridized carbons (Fsp3) is 0. The van der Waals surface area contributed by atoms with Gasteiger partial charge < -0.3 is 0 Å². The topological polar surface area (TPSA) is 47.0 Å². The van der Waals surface area contributed by atoms with E-state index >= 15 is 0 Å². The van der Waals surface area contributed by atoms with Crippen LogP contribution in [0.4, 0.5) is 0 Å². The molecule has 0 atom stereocenters. The van der Waals surface area contributed by atoms with Gasteiger partial charge in [0.25, 0.3) is 0 Å². The molecule has 0 bridgehead atoms. The molecule has 0 radical (unpaired) electrons. The van der Waals surface area contributed by atoms with Crippen LogP contribution in [0.1, 0.15) is 20.7 Å². The maximum atomic E-state index is 12.4. The molecular formula is C19H11NO2. The molecule has 0 saturated heterocycles. The number of rotatable bonds is 1. The smallest absolute Gasteiger partial charge is 0.235 e. The van der Waals surface area contributed by atoms with Gasteiger partial charge in [-0.3, -0.25) is 14.6 Å². The minimum Gasteiger partial charge on any atom is -0.285 e. The maximum Gasteiger partial charge on any atom is 0.235 e. The van der Waals surface area contributed by atoms with Gasteiger partial charge >= 0.3 is 0 Å². The van der Waals surface area contributed by atoms with E-state index in [9.17, 15) is 9.59 Å². The highest BCUT2D eigenvalue weighted by molar-refractivity contribution is 6.52. The second kappa shape index (κ2) is 4.74. The van der Waals surface area contributed by atoms with Crippen LogP contribution in [-0.4, -0.2) is 16.6 Å². The molecule has 104 valence electrons. The number of carbonyl (C=O) groups excluding carboxylic acids is 2. The summed E-state index contributed by atoms with van der Waals surface area (Å²) in [6.45, 7) is 0. The zero-order valence-corrected chi connectivity index (χ0v) is 11.6. The second-order valence-corrected chi connectivity index (χ2v) is 5.18. The molecule has 3 nitrogen and oxygen atoms in total. The summed E-state index contributed by atoms with van der Waals surface area (Å²) in [5.74, 6) is -0.950. The van der Waals surface area contributed by atoms with Crippen LogP contribution in [0, 0.1) is 0 Å². The highest BCUT2D eigenvalue weighted by Gasteiger charge is 2.31. The molecule has 3 heteroatoms. The molecule has 0 aliphatic heterocycles. The fourth-order valence-corrected chi connectivity index (χ4v) is 2.80. The first-order valence-corrected chi connectivity index (χ1v) is 6.99. The van der Waals surface area contributed by atoms with Gasteiger partial charge in [0.15, 0.2) is 0 Å². The number of fused-ring (bicyclic) bond motifs is 3. The number of nitrogens with zero attached hydrogens (tertiary/aromatic N) is 1.